The summed E-state index contributed by atoms with van der Waals surface area (Å²) in [5.41, 5.74) is 2.76. The molecule has 0 bridgehead atoms. The van der Waals surface area contributed by atoms with E-state index in [-0.39, 0.29) is 11.9 Å². The predicted molar refractivity (Wildman–Crippen MR) is 103 cm³/mol. The molecule has 1 atom stereocenters. The van der Waals surface area contributed by atoms with E-state index in [1.54, 1.807) is 17.3 Å². The first-order valence-electron chi connectivity index (χ1n) is 9.37. The Labute approximate surface area is 176 Å². The summed E-state index contributed by atoms with van der Waals surface area (Å²) in [6, 6.07) is 5.44. The number of aromatic amines is 1. The van der Waals surface area contributed by atoms with Gasteiger partial charge < -0.3 is 14.7 Å². The highest BCUT2D eigenvalue weighted by atomic mass is 19.4. The van der Waals surface area contributed by atoms with Crippen molar-refractivity contribution in [1.29, 1.82) is 0 Å². The zero-order valence-corrected chi connectivity index (χ0v) is 17.1. The molecule has 0 spiro atoms. The van der Waals surface area contributed by atoms with E-state index in [0.717, 1.165) is 30.0 Å². The summed E-state index contributed by atoms with van der Waals surface area (Å²) in [7, 11) is 1.82. The Balaban J connectivity index is 0.000000423. The molecule has 0 saturated carbocycles. The lowest BCUT2D eigenvalue weighted by Crippen LogP contribution is -2.46. The lowest BCUT2D eigenvalue weighted by atomic mass is 10.1. The number of morpholine rings is 1. The molecule has 0 aliphatic carbocycles. The maximum absolute atomic E-state index is 13.1. The molecule has 1 aliphatic heterocycles. The van der Waals surface area contributed by atoms with Gasteiger partial charge in [-0.1, -0.05) is 6.07 Å². The minimum Gasteiger partial charge on any atom is -0.475 e. The van der Waals surface area contributed by atoms with Gasteiger partial charge in [0.2, 0.25) is 5.91 Å². The van der Waals surface area contributed by atoms with Gasteiger partial charge in [0.15, 0.2) is 0 Å². The van der Waals surface area contributed by atoms with E-state index in [4.69, 9.17) is 14.6 Å². The number of carboxylic acids is 1. The minimum absolute atomic E-state index is 0.0468. The number of aromatic nitrogens is 3. The summed E-state index contributed by atoms with van der Waals surface area (Å²) in [5.74, 6) is -2.71. The van der Waals surface area contributed by atoms with Crippen molar-refractivity contribution < 1.29 is 32.6 Å². The predicted octanol–water partition coefficient (Wildman–Crippen LogP) is 1.78. The summed E-state index contributed by atoms with van der Waals surface area (Å²) in [6.07, 6.45) is -1.59. The quantitative estimate of drug-likeness (QED) is 0.725. The van der Waals surface area contributed by atoms with Crippen LogP contribution < -0.4 is 0 Å². The molecule has 0 radical (unpaired) electrons. The van der Waals surface area contributed by atoms with Crippen molar-refractivity contribution >= 4 is 11.9 Å². The van der Waals surface area contributed by atoms with Crippen molar-refractivity contribution in [3.8, 4) is 0 Å². The van der Waals surface area contributed by atoms with Crippen molar-refractivity contribution in [2.24, 2.45) is 0 Å². The summed E-state index contributed by atoms with van der Waals surface area (Å²) in [4.78, 5) is 30.1. The van der Waals surface area contributed by atoms with E-state index in [9.17, 15) is 18.0 Å². The number of H-pyrrole nitrogens is 1. The SMILES string of the molecule is Cc1cc(CN(C)C(=O)C(c2cccnc2)N2CCOCC2)n[nH]1.O=C(O)C(F)(F)F. The zero-order valence-electron chi connectivity index (χ0n) is 17.1. The number of carbonyl (C=O) groups is 2. The van der Waals surface area contributed by atoms with Crippen LogP contribution in [0, 0.1) is 6.92 Å². The van der Waals surface area contributed by atoms with E-state index < -0.39 is 12.1 Å². The average molecular weight is 443 g/mol. The third-order valence-corrected chi connectivity index (χ3v) is 4.42. The Kier molecular flexibility index (Phi) is 8.51. The second-order valence-electron chi connectivity index (χ2n) is 6.88. The Morgan fingerprint density at radius 1 is 1.35 bits per heavy atom. The van der Waals surface area contributed by atoms with E-state index in [0.29, 0.717) is 19.8 Å². The number of aryl methyl sites for hydroxylation is 1. The van der Waals surface area contributed by atoms with Gasteiger partial charge in [0.1, 0.15) is 6.04 Å². The van der Waals surface area contributed by atoms with E-state index >= 15 is 0 Å². The van der Waals surface area contributed by atoms with E-state index in [2.05, 4.69) is 20.1 Å². The summed E-state index contributed by atoms with van der Waals surface area (Å²) < 4.78 is 37.2. The summed E-state index contributed by atoms with van der Waals surface area (Å²) in [6.45, 7) is 5.19. The van der Waals surface area contributed by atoms with Crippen molar-refractivity contribution in [1.82, 2.24) is 25.0 Å². The number of likely N-dealkylation sites (N-methyl/N-ethyl adjacent to an activating group) is 1. The van der Waals surface area contributed by atoms with Gasteiger partial charge in [-0.3, -0.25) is 19.8 Å². The molecule has 1 fully saturated rings. The van der Waals surface area contributed by atoms with Crippen LogP contribution in [-0.4, -0.2) is 81.5 Å². The second-order valence-corrected chi connectivity index (χ2v) is 6.88. The van der Waals surface area contributed by atoms with Crippen molar-refractivity contribution in [3.63, 3.8) is 0 Å². The molecular formula is C19H24F3N5O4. The standard InChI is InChI=1S/C17H23N5O2.C2HF3O2/c1-13-10-15(20-19-13)12-21(2)17(23)16(14-4-3-5-18-11-14)22-6-8-24-9-7-22;3-2(4,5)1(6)7/h3-5,10-11,16H,6-9,12H2,1-2H3,(H,19,20);(H,6,7). The highest BCUT2D eigenvalue weighted by Crippen LogP contribution is 2.24. The first kappa shape index (κ1) is 24.3. The molecule has 3 heterocycles. The molecular weight excluding hydrogens is 419 g/mol. The molecule has 2 aromatic heterocycles. The number of halogens is 3. The minimum atomic E-state index is -5.08. The number of nitrogens with zero attached hydrogens (tertiary/aromatic N) is 4. The fourth-order valence-electron chi connectivity index (χ4n) is 2.97. The highest BCUT2D eigenvalue weighted by Gasteiger charge is 2.38. The number of carbonyl (C=O) groups excluding carboxylic acids is 1. The third-order valence-electron chi connectivity index (χ3n) is 4.42. The summed E-state index contributed by atoms with van der Waals surface area (Å²) >= 11 is 0. The fraction of sp³-hybridized carbons (Fsp3) is 0.474. The molecule has 1 unspecified atom stereocenters. The average Bonchev–Trinajstić information content (AvgIpc) is 3.14. The zero-order chi connectivity index (χ0) is 23.0. The maximum atomic E-state index is 13.1. The monoisotopic (exact) mass is 443 g/mol. The maximum Gasteiger partial charge on any atom is 0.490 e. The third kappa shape index (κ3) is 7.33. The highest BCUT2D eigenvalue weighted by molar-refractivity contribution is 5.83. The van der Waals surface area contributed by atoms with Gasteiger partial charge >= 0.3 is 12.1 Å². The van der Waals surface area contributed by atoms with Crippen LogP contribution in [0.4, 0.5) is 13.2 Å². The number of amides is 1. The van der Waals surface area contributed by atoms with Crippen molar-refractivity contribution in [3.05, 3.63) is 47.5 Å². The van der Waals surface area contributed by atoms with Gasteiger partial charge in [0.25, 0.3) is 0 Å². The second kappa shape index (κ2) is 10.9. The Hall–Kier alpha value is -2.99. The van der Waals surface area contributed by atoms with Crippen LogP contribution in [-0.2, 0) is 20.9 Å². The lowest BCUT2D eigenvalue weighted by molar-refractivity contribution is -0.192. The molecule has 2 aromatic rings. The van der Waals surface area contributed by atoms with Gasteiger partial charge in [-0.05, 0) is 24.6 Å². The van der Waals surface area contributed by atoms with Gasteiger partial charge in [-0.25, -0.2) is 4.79 Å². The molecule has 170 valence electrons. The summed E-state index contributed by atoms with van der Waals surface area (Å²) in [5, 5.41) is 14.3. The first-order valence-corrected chi connectivity index (χ1v) is 9.37. The first-order chi connectivity index (χ1) is 14.6. The number of rotatable bonds is 5. The molecule has 1 aliphatic rings. The number of hydrogen-bond acceptors (Lipinski definition) is 6. The van der Waals surface area contributed by atoms with E-state index in [1.165, 1.54) is 0 Å². The smallest absolute Gasteiger partial charge is 0.475 e. The van der Waals surface area contributed by atoms with Gasteiger partial charge in [0.05, 0.1) is 25.5 Å². The topological polar surface area (TPSA) is 112 Å². The molecule has 12 heteroatoms. The van der Waals surface area contributed by atoms with Crippen LogP contribution in [0.15, 0.2) is 30.6 Å². The van der Waals surface area contributed by atoms with Gasteiger partial charge in [-0.15, -0.1) is 0 Å². The molecule has 1 amide bonds. The van der Waals surface area contributed by atoms with Crippen LogP contribution in [0.5, 0.6) is 0 Å². The number of carboxylic acid groups (broad SMARTS) is 1. The van der Waals surface area contributed by atoms with Gasteiger partial charge in [-0.2, -0.15) is 18.3 Å². The van der Waals surface area contributed by atoms with Crippen LogP contribution >= 0.6 is 0 Å². The number of ether oxygens (including phenoxy) is 1. The van der Waals surface area contributed by atoms with Gasteiger partial charge in [0, 0.05) is 38.2 Å². The Morgan fingerprint density at radius 3 is 2.48 bits per heavy atom. The van der Waals surface area contributed by atoms with Crippen molar-refractivity contribution in [2.45, 2.75) is 25.7 Å². The Bertz CT molecular complexity index is 854. The lowest BCUT2D eigenvalue weighted by Gasteiger charge is -2.35. The number of alkyl halides is 3. The van der Waals surface area contributed by atoms with Crippen LogP contribution in [0.2, 0.25) is 0 Å². The molecule has 2 N–H and O–H groups in total. The largest absolute Gasteiger partial charge is 0.490 e. The number of pyridine rings is 1. The number of aliphatic carboxylic acids is 1. The van der Waals surface area contributed by atoms with Crippen LogP contribution in [0.1, 0.15) is 23.0 Å². The molecule has 3 rings (SSSR count). The molecule has 31 heavy (non-hydrogen) atoms. The molecule has 9 nitrogen and oxygen atoms in total. The number of hydrogen-bond donors (Lipinski definition) is 2. The van der Waals surface area contributed by atoms with E-state index in [1.807, 2.05) is 32.2 Å². The molecule has 1 saturated heterocycles. The Morgan fingerprint density at radius 2 is 2.00 bits per heavy atom. The normalized spacial score (nSPS) is 15.5. The number of nitrogens with one attached hydrogen (secondary N) is 1. The fourth-order valence-corrected chi connectivity index (χ4v) is 2.97. The molecule has 0 aromatic carbocycles. The van der Waals surface area contributed by atoms with Crippen LogP contribution in [0.25, 0.3) is 0 Å². The van der Waals surface area contributed by atoms with Crippen molar-refractivity contribution in [2.75, 3.05) is 33.4 Å². The van der Waals surface area contributed by atoms with Crippen LogP contribution in [0.3, 0.4) is 0 Å².